The van der Waals surface area contributed by atoms with E-state index >= 15 is 0 Å². The maximum absolute atomic E-state index is 11.9. The van der Waals surface area contributed by atoms with Crippen molar-refractivity contribution in [1.82, 2.24) is 14.6 Å². The molecule has 1 saturated carbocycles. The van der Waals surface area contributed by atoms with Crippen LogP contribution in [-0.4, -0.2) is 34.7 Å². The van der Waals surface area contributed by atoms with Crippen LogP contribution >= 0.6 is 0 Å². The molecule has 1 amide bonds. The monoisotopic (exact) mass is 385 g/mol. The van der Waals surface area contributed by atoms with Gasteiger partial charge in [0.1, 0.15) is 0 Å². The Kier molecular flexibility index (Phi) is 4.31. The van der Waals surface area contributed by atoms with Crippen LogP contribution < -0.4 is 10.0 Å². The van der Waals surface area contributed by atoms with Gasteiger partial charge in [0.05, 0.1) is 11.4 Å². The second-order valence-electron chi connectivity index (χ2n) is 6.46. The second kappa shape index (κ2) is 6.66. The van der Waals surface area contributed by atoms with Crippen molar-refractivity contribution in [2.24, 2.45) is 5.92 Å². The molecule has 1 aromatic carbocycles. The van der Waals surface area contributed by atoms with Gasteiger partial charge in [0, 0.05) is 17.2 Å². The van der Waals surface area contributed by atoms with Crippen molar-refractivity contribution in [1.29, 1.82) is 0 Å². The van der Waals surface area contributed by atoms with Crippen LogP contribution in [0.3, 0.4) is 0 Å². The molecule has 9 heteroatoms. The van der Waals surface area contributed by atoms with Crippen LogP contribution in [0.15, 0.2) is 42.5 Å². The number of carbonyl (C=O) groups excluding carboxylic acids is 1. The van der Waals surface area contributed by atoms with Crippen LogP contribution in [0.25, 0.3) is 16.9 Å². The molecule has 27 heavy (non-hydrogen) atoms. The summed E-state index contributed by atoms with van der Waals surface area (Å²) in [5.41, 5.74) is 2.76. The molecule has 1 aliphatic rings. The van der Waals surface area contributed by atoms with Crippen LogP contribution in [0, 0.1) is 5.92 Å². The highest BCUT2D eigenvalue weighted by atomic mass is 32.2. The van der Waals surface area contributed by atoms with Crippen LogP contribution in [0.1, 0.15) is 19.8 Å². The fraction of sp³-hybridized carbons (Fsp3) is 0.278. The number of anilines is 2. The fourth-order valence-electron chi connectivity index (χ4n) is 2.70. The summed E-state index contributed by atoms with van der Waals surface area (Å²) in [5, 5.41) is 7.15. The van der Waals surface area contributed by atoms with Gasteiger partial charge in [0.15, 0.2) is 5.65 Å². The standard InChI is InChI=1S/C18H19N5O3S/c1-2-27(25,26)22-14-10-8-12(9-11-14)15-4-3-5-16-19-18(21-23(15)16)20-17(24)13-6-7-13/h3-5,8-11,13,22H,2,6-7H2,1H3,(H,20,21,24). The van der Waals surface area contributed by atoms with Gasteiger partial charge in [-0.1, -0.05) is 18.2 Å². The average molecular weight is 385 g/mol. The van der Waals surface area contributed by atoms with Crippen molar-refractivity contribution in [2.75, 3.05) is 15.8 Å². The van der Waals surface area contributed by atoms with E-state index in [9.17, 15) is 13.2 Å². The van der Waals surface area contributed by atoms with Crippen molar-refractivity contribution in [3.63, 3.8) is 0 Å². The number of hydrogen-bond acceptors (Lipinski definition) is 5. The van der Waals surface area contributed by atoms with E-state index in [0.29, 0.717) is 11.3 Å². The van der Waals surface area contributed by atoms with Crippen LogP contribution in [-0.2, 0) is 14.8 Å². The van der Waals surface area contributed by atoms with Gasteiger partial charge >= 0.3 is 0 Å². The molecule has 2 heterocycles. The Balaban J connectivity index is 1.62. The van der Waals surface area contributed by atoms with Gasteiger partial charge < -0.3 is 0 Å². The van der Waals surface area contributed by atoms with Crippen LogP contribution in [0.4, 0.5) is 11.6 Å². The van der Waals surface area contributed by atoms with E-state index in [1.165, 1.54) is 0 Å². The minimum absolute atomic E-state index is 0.0162. The van der Waals surface area contributed by atoms with E-state index in [0.717, 1.165) is 24.1 Å². The Labute approximate surface area is 156 Å². The Hall–Kier alpha value is -2.94. The van der Waals surface area contributed by atoms with E-state index in [2.05, 4.69) is 20.1 Å². The Morgan fingerprint density at radius 1 is 1.19 bits per heavy atom. The quantitative estimate of drug-likeness (QED) is 0.678. The van der Waals surface area contributed by atoms with Crippen molar-refractivity contribution in [2.45, 2.75) is 19.8 Å². The maximum atomic E-state index is 11.9. The second-order valence-corrected chi connectivity index (χ2v) is 8.47. The number of aromatic nitrogens is 3. The third-order valence-electron chi connectivity index (χ3n) is 4.38. The lowest BCUT2D eigenvalue weighted by Gasteiger charge is -2.08. The normalized spacial score (nSPS) is 14.3. The molecular formula is C18H19N5O3S. The predicted octanol–water partition coefficient (Wildman–Crippen LogP) is 2.51. The molecule has 0 unspecified atom stereocenters. The summed E-state index contributed by atoms with van der Waals surface area (Å²) in [5.74, 6) is 0.338. The lowest BCUT2D eigenvalue weighted by Crippen LogP contribution is -2.14. The summed E-state index contributed by atoms with van der Waals surface area (Å²) in [4.78, 5) is 16.3. The van der Waals surface area contributed by atoms with E-state index in [1.807, 2.05) is 30.3 Å². The highest BCUT2D eigenvalue weighted by Crippen LogP contribution is 2.30. The van der Waals surface area contributed by atoms with Crippen molar-refractivity contribution in [3.8, 4) is 11.3 Å². The molecule has 0 aliphatic heterocycles. The van der Waals surface area contributed by atoms with Crippen molar-refractivity contribution >= 4 is 33.2 Å². The summed E-state index contributed by atoms with van der Waals surface area (Å²) in [6.07, 6.45) is 1.83. The van der Waals surface area contributed by atoms with Gasteiger partial charge in [-0.25, -0.2) is 12.9 Å². The molecule has 8 nitrogen and oxygen atoms in total. The largest absolute Gasteiger partial charge is 0.293 e. The predicted molar refractivity (Wildman–Crippen MR) is 103 cm³/mol. The highest BCUT2D eigenvalue weighted by Gasteiger charge is 2.30. The van der Waals surface area contributed by atoms with E-state index in [1.54, 1.807) is 23.6 Å². The molecule has 0 radical (unpaired) electrons. The Bertz CT molecular complexity index is 1100. The molecule has 0 atom stereocenters. The van der Waals surface area contributed by atoms with Gasteiger partial charge in [-0.05, 0) is 44.0 Å². The number of hydrogen-bond donors (Lipinski definition) is 2. The molecule has 0 spiro atoms. The highest BCUT2D eigenvalue weighted by molar-refractivity contribution is 7.92. The first kappa shape index (κ1) is 17.5. The lowest BCUT2D eigenvalue weighted by atomic mass is 10.1. The smallest absolute Gasteiger partial charge is 0.249 e. The zero-order valence-corrected chi connectivity index (χ0v) is 15.5. The molecule has 0 saturated heterocycles. The minimum Gasteiger partial charge on any atom is -0.293 e. The minimum atomic E-state index is -3.31. The molecule has 2 N–H and O–H groups in total. The van der Waals surface area contributed by atoms with Gasteiger partial charge in [-0.3, -0.25) is 14.8 Å². The van der Waals surface area contributed by atoms with E-state index in [4.69, 9.17) is 0 Å². The summed E-state index contributed by atoms with van der Waals surface area (Å²) in [6.45, 7) is 1.59. The van der Waals surface area contributed by atoms with Crippen molar-refractivity contribution < 1.29 is 13.2 Å². The van der Waals surface area contributed by atoms with E-state index in [-0.39, 0.29) is 23.5 Å². The number of fused-ring (bicyclic) bond motifs is 1. The molecule has 4 rings (SSSR count). The summed E-state index contributed by atoms with van der Waals surface area (Å²) in [7, 11) is -3.31. The maximum Gasteiger partial charge on any atom is 0.249 e. The fourth-order valence-corrected chi connectivity index (χ4v) is 3.33. The van der Waals surface area contributed by atoms with Crippen LogP contribution in [0.2, 0.25) is 0 Å². The number of nitrogens with one attached hydrogen (secondary N) is 2. The molecule has 3 aromatic rings. The average Bonchev–Trinajstić information content (AvgIpc) is 3.42. The first-order chi connectivity index (χ1) is 12.9. The molecular weight excluding hydrogens is 366 g/mol. The summed E-state index contributed by atoms with van der Waals surface area (Å²) in [6, 6.07) is 12.6. The number of nitrogens with zero attached hydrogens (tertiary/aromatic N) is 3. The summed E-state index contributed by atoms with van der Waals surface area (Å²) < 4.78 is 27.5. The molecule has 1 aliphatic carbocycles. The number of benzene rings is 1. The molecule has 140 valence electrons. The zero-order chi connectivity index (χ0) is 19.0. The van der Waals surface area contributed by atoms with Gasteiger partial charge in [-0.15, -0.1) is 5.10 Å². The third-order valence-corrected chi connectivity index (χ3v) is 5.68. The number of pyridine rings is 1. The van der Waals surface area contributed by atoms with Gasteiger partial charge in [-0.2, -0.15) is 4.98 Å². The van der Waals surface area contributed by atoms with Crippen LogP contribution in [0.5, 0.6) is 0 Å². The zero-order valence-electron chi connectivity index (χ0n) is 14.7. The first-order valence-electron chi connectivity index (χ1n) is 8.73. The number of amides is 1. The first-order valence-corrected chi connectivity index (χ1v) is 10.4. The topological polar surface area (TPSA) is 105 Å². The number of sulfonamides is 1. The van der Waals surface area contributed by atoms with Crippen molar-refractivity contribution in [3.05, 3.63) is 42.5 Å². The Morgan fingerprint density at radius 2 is 1.93 bits per heavy atom. The molecule has 2 aromatic heterocycles. The SMILES string of the molecule is CCS(=O)(=O)Nc1ccc(-c2cccc3nc(NC(=O)C4CC4)nn23)cc1. The van der Waals surface area contributed by atoms with Gasteiger partial charge in [0.25, 0.3) is 0 Å². The van der Waals surface area contributed by atoms with Gasteiger partial charge in [0.2, 0.25) is 21.9 Å². The Morgan fingerprint density at radius 3 is 2.59 bits per heavy atom. The molecule has 1 fully saturated rings. The van der Waals surface area contributed by atoms with E-state index < -0.39 is 10.0 Å². The number of carbonyl (C=O) groups is 1. The third kappa shape index (κ3) is 3.77. The number of rotatable bonds is 6. The molecule has 0 bridgehead atoms. The summed E-state index contributed by atoms with van der Waals surface area (Å²) >= 11 is 0. The lowest BCUT2D eigenvalue weighted by molar-refractivity contribution is -0.117.